The fourth-order valence-corrected chi connectivity index (χ4v) is 1.63. The summed E-state index contributed by atoms with van der Waals surface area (Å²) in [5.74, 6) is -57.8. The molecule has 0 aliphatic heterocycles. The number of azide groups is 1. The summed E-state index contributed by atoms with van der Waals surface area (Å²) in [4.78, 5) is 1.36. The van der Waals surface area contributed by atoms with Gasteiger partial charge in [-0.25, -0.2) is 4.39 Å². The van der Waals surface area contributed by atoms with Crippen LogP contribution in [-0.4, -0.2) is 53.9 Å². The van der Waals surface area contributed by atoms with Crippen LogP contribution >= 0.6 is 0 Å². The second-order valence-electron chi connectivity index (χ2n) is 5.49. The molecule has 0 aliphatic carbocycles. The third-order valence-corrected chi connectivity index (χ3v) is 3.39. The van der Waals surface area contributed by atoms with Gasteiger partial charge in [-0.1, -0.05) is 5.11 Å². The Kier molecular flexibility index (Phi) is 7.10. The predicted molar refractivity (Wildman–Crippen MR) is 59.3 cm³/mol. The van der Waals surface area contributed by atoms with Crippen molar-refractivity contribution in [3.63, 3.8) is 0 Å². The van der Waals surface area contributed by atoms with Crippen molar-refractivity contribution in [2.24, 2.45) is 5.11 Å². The van der Waals surface area contributed by atoms with Crippen LogP contribution in [0.15, 0.2) is 5.11 Å². The van der Waals surface area contributed by atoms with Gasteiger partial charge in [0.2, 0.25) is 0 Å². The van der Waals surface area contributed by atoms with E-state index in [4.69, 9.17) is 5.53 Å². The summed E-state index contributed by atoms with van der Waals surface area (Å²) in [7, 11) is 0. The molecule has 3 nitrogen and oxygen atoms in total. The maximum absolute atomic E-state index is 13.3. The van der Waals surface area contributed by atoms with Crippen LogP contribution in [0.2, 0.25) is 0 Å². The van der Waals surface area contributed by atoms with E-state index in [1.54, 1.807) is 5.11 Å². The number of hydrogen-bond acceptors (Lipinski definition) is 1. The van der Waals surface area contributed by atoms with E-state index in [0.717, 1.165) is 0 Å². The van der Waals surface area contributed by atoms with E-state index in [1.165, 1.54) is 4.91 Å². The quantitative estimate of drug-likeness (QED) is 0.106. The zero-order valence-corrected chi connectivity index (χ0v) is 13.4. The summed E-state index contributed by atoms with van der Waals surface area (Å²) >= 11 is 0. The molecule has 0 heterocycles. The van der Waals surface area contributed by atoms with Crippen molar-refractivity contribution in [1.82, 2.24) is 0 Å². The van der Waals surface area contributed by atoms with Gasteiger partial charge >= 0.3 is 47.6 Å². The third-order valence-electron chi connectivity index (χ3n) is 3.39. The number of nitrogens with zero attached hydrogens (tertiary/aromatic N) is 3. The molecule has 0 aromatic rings. The van der Waals surface area contributed by atoms with Crippen molar-refractivity contribution < 1.29 is 79.0 Å². The van der Waals surface area contributed by atoms with Crippen molar-refractivity contribution in [3.05, 3.63) is 10.4 Å². The summed E-state index contributed by atoms with van der Waals surface area (Å²) in [6, 6.07) is 0. The molecule has 0 spiro atoms. The third kappa shape index (κ3) is 3.99. The topological polar surface area (TPSA) is 48.8 Å². The molecule has 0 saturated heterocycles. The van der Waals surface area contributed by atoms with Crippen molar-refractivity contribution in [2.75, 3.05) is 0 Å². The minimum Gasteiger partial charge on any atom is -0.241 e. The van der Waals surface area contributed by atoms with Gasteiger partial charge in [-0.3, -0.25) is 0 Å². The van der Waals surface area contributed by atoms with E-state index >= 15 is 0 Å². The van der Waals surface area contributed by atoms with Gasteiger partial charge < -0.3 is 0 Å². The molecule has 0 aliphatic rings. The summed E-state index contributed by atoms with van der Waals surface area (Å²) in [6.45, 7) is 0. The number of rotatable bonds is 9. The van der Waals surface area contributed by atoms with Crippen molar-refractivity contribution in [2.45, 2.75) is 60.4 Å². The molecule has 0 amide bonds. The van der Waals surface area contributed by atoms with Crippen LogP contribution in [0, 0.1) is 0 Å². The first-order chi connectivity index (χ1) is 13.2. The molecule has 0 aromatic heterocycles. The molecular weight excluding hydrogens is 504 g/mol. The molecule has 1 unspecified atom stereocenters. The Morgan fingerprint density at radius 1 is 0.548 bits per heavy atom. The number of hydrogen-bond donors (Lipinski definition) is 0. The molecule has 0 fully saturated rings. The van der Waals surface area contributed by atoms with E-state index < -0.39 is 60.4 Å². The van der Waals surface area contributed by atoms with Gasteiger partial charge in [0.15, 0.2) is 6.30 Å². The fraction of sp³-hybridized carbons (Fsp3) is 1.00. The maximum Gasteiger partial charge on any atom is 0.460 e. The highest BCUT2D eigenvalue weighted by atomic mass is 19.4. The molecule has 0 N–H and O–H groups in total. The normalized spacial score (nSPS) is 16.7. The predicted octanol–water partition coefficient (Wildman–Crippen LogP) is 6.99. The molecular formula is C10H3F18N3. The molecule has 0 aromatic carbocycles. The van der Waals surface area contributed by atoms with E-state index in [0.29, 0.717) is 0 Å². The van der Waals surface area contributed by atoms with Gasteiger partial charge in [-0.05, 0) is 5.53 Å². The lowest BCUT2D eigenvalue weighted by atomic mass is 9.88. The Bertz CT molecular complexity index is 702. The van der Waals surface area contributed by atoms with Crippen LogP contribution in [0.25, 0.3) is 10.4 Å². The lowest BCUT2D eigenvalue weighted by Crippen LogP contribution is -2.74. The first-order valence-corrected chi connectivity index (χ1v) is 6.60. The Labute approximate surface area is 156 Å². The standard InChI is InChI=1S/C10H3F18N3/c11-2(30-31-29)1-3(12,13)4(14,15)5(16,17)6(18,19)7(20,21)8(22,23)9(24,25)10(26,27)28/h2H,1H2. The lowest BCUT2D eigenvalue weighted by Gasteiger charge is -2.42. The van der Waals surface area contributed by atoms with Gasteiger partial charge in [-0.2, -0.15) is 74.6 Å². The minimum absolute atomic E-state index is 1.36. The SMILES string of the molecule is [N-]=[N+]=NC(F)CC(F)(F)C(F)(F)C(F)(F)C(F)(F)C(F)(F)C(F)(F)C(F)(F)C(F)(F)F. The number of alkyl halides is 18. The largest absolute Gasteiger partial charge is 0.460 e. The first kappa shape index (κ1) is 29.0. The van der Waals surface area contributed by atoms with Crippen LogP contribution in [0.1, 0.15) is 6.42 Å². The summed E-state index contributed by atoms with van der Waals surface area (Å²) in [5, 5.41) is 1.59. The van der Waals surface area contributed by atoms with Crippen molar-refractivity contribution in [1.29, 1.82) is 0 Å². The maximum atomic E-state index is 13.3. The molecule has 31 heavy (non-hydrogen) atoms. The highest BCUT2D eigenvalue weighted by molar-refractivity contribution is 5.15. The van der Waals surface area contributed by atoms with Gasteiger partial charge in [0, 0.05) is 4.91 Å². The Morgan fingerprint density at radius 3 is 1.13 bits per heavy atom. The smallest absolute Gasteiger partial charge is 0.241 e. The highest BCUT2D eigenvalue weighted by Crippen LogP contribution is 2.64. The van der Waals surface area contributed by atoms with Crippen molar-refractivity contribution >= 4 is 0 Å². The Hall–Kier alpha value is -1.95. The van der Waals surface area contributed by atoms with Crippen LogP contribution in [-0.2, 0) is 0 Å². The van der Waals surface area contributed by atoms with Gasteiger partial charge in [0.1, 0.15) is 0 Å². The molecule has 21 heteroatoms. The Balaban J connectivity index is 6.65. The summed E-state index contributed by atoms with van der Waals surface area (Å²) in [5.41, 5.74) is 7.64. The van der Waals surface area contributed by atoms with Crippen LogP contribution < -0.4 is 0 Å². The summed E-state index contributed by atoms with van der Waals surface area (Å²) < 4.78 is 231. The zero-order valence-electron chi connectivity index (χ0n) is 13.4. The van der Waals surface area contributed by atoms with Gasteiger partial charge in [0.05, 0.1) is 6.42 Å². The number of halogens is 18. The highest BCUT2D eigenvalue weighted by Gasteiger charge is 2.95. The first-order valence-electron chi connectivity index (χ1n) is 6.60. The van der Waals surface area contributed by atoms with E-state index in [9.17, 15) is 79.0 Å². The molecule has 1 atom stereocenters. The van der Waals surface area contributed by atoms with E-state index in [-0.39, 0.29) is 0 Å². The zero-order chi connectivity index (χ0) is 25.7. The fourth-order valence-electron chi connectivity index (χ4n) is 1.63. The minimum atomic E-state index is -8.75. The molecule has 0 saturated carbocycles. The van der Waals surface area contributed by atoms with Gasteiger partial charge in [0.25, 0.3) is 0 Å². The van der Waals surface area contributed by atoms with Crippen molar-refractivity contribution in [3.8, 4) is 0 Å². The second kappa shape index (κ2) is 7.58. The Morgan fingerprint density at radius 2 is 0.839 bits per heavy atom. The molecule has 0 bridgehead atoms. The van der Waals surface area contributed by atoms with Crippen LogP contribution in [0.3, 0.4) is 0 Å². The average Bonchev–Trinajstić information content (AvgIpc) is 2.52. The molecule has 184 valence electrons. The molecule has 0 rings (SSSR count). The average molecular weight is 507 g/mol. The second-order valence-corrected chi connectivity index (χ2v) is 5.49. The summed E-state index contributed by atoms with van der Waals surface area (Å²) in [6.07, 6.45) is -15.2. The van der Waals surface area contributed by atoms with Gasteiger partial charge in [-0.15, -0.1) is 0 Å². The molecule has 0 radical (unpaired) electrons. The van der Waals surface area contributed by atoms with E-state index in [2.05, 4.69) is 0 Å². The van der Waals surface area contributed by atoms with Crippen LogP contribution in [0.5, 0.6) is 0 Å². The van der Waals surface area contributed by atoms with Crippen LogP contribution in [0.4, 0.5) is 79.0 Å². The lowest BCUT2D eigenvalue weighted by molar-refractivity contribution is -0.462. The monoisotopic (exact) mass is 507 g/mol. The van der Waals surface area contributed by atoms with E-state index in [1.807, 2.05) is 0 Å².